The molecule has 0 aliphatic rings. The van der Waals surface area contributed by atoms with Gasteiger partial charge in [0.15, 0.2) is 0 Å². The summed E-state index contributed by atoms with van der Waals surface area (Å²) in [5, 5.41) is 0.779. The van der Waals surface area contributed by atoms with E-state index in [2.05, 4.69) is 0 Å². The van der Waals surface area contributed by atoms with E-state index < -0.39 is 13.2 Å². The summed E-state index contributed by atoms with van der Waals surface area (Å²) in [5.41, 5.74) is 0.293. The van der Waals surface area contributed by atoms with Gasteiger partial charge >= 0.3 is 13.2 Å². The molecule has 0 aliphatic carbocycles. The van der Waals surface area contributed by atoms with Gasteiger partial charge in [-0.2, -0.15) is 0 Å². The number of hydrogen-bond donors (Lipinski definition) is 0. The predicted molar refractivity (Wildman–Crippen MR) is 77.0 cm³/mol. The zero-order valence-electron chi connectivity index (χ0n) is 11.5. The van der Waals surface area contributed by atoms with Crippen LogP contribution in [0.25, 0.3) is 11.0 Å². The summed E-state index contributed by atoms with van der Waals surface area (Å²) in [5.74, 6) is 0. The Bertz CT molecular complexity index is 681. The van der Waals surface area contributed by atoms with Crippen LogP contribution < -0.4 is 5.63 Å². The molecule has 20 heavy (non-hydrogen) atoms. The molecule has 0 saturated heterocycles. The molecular weight excluding hydrogens is 279 g/mol. The minimum Gasteiger partial charge on any atom is -0.423 e. The minimum absolute atomic E-state index is 0.0815. The van der Waals surface area contributed by atoms with E-state index in [4.69, 9.17) is 13.5 Å². The van der Waals surface area contributed by atoms with Crippen molar-refractivity contribution in [1.29, 1.82) is 0 Å². The smallest absolute Gasteiger partial charge is 0.340 e. The van der Waals surface area contributed by atoms with Crippen LogP contribution in [0.1, 0.15) is 19.4 Å². The van der Waals surface area contributed by atoms with Crippen molar-refractivity contribution >= 4 is 18.6 Å². The molecule has 1 aromatic heterocycles. The molecule has 0 bridgehead atoms. The molecule has 108 valence electrons. The van der Waals surface area contributed by atoms with Gasteiger partial charge in [0.1, 0.15) is 5.58 Å². The van der Waals surface area contributed by atoms with Crippen molar-refractivity contribution in [3.63, 3.8) is 0 Å². The van der Waals surface area contributed by atoms with Crippen molar-refractivity contribution in [3.05, 3.63) is 46.3 Å². The van der Waals surface area contributed by atoms with E-state index in [1.807, 2.05) is 12.1 Å². The summed E-state index contributed by atoms with van der Waals surface area (Å²) < 4.78 is 28.0. The minimum atomic E-state index is -3.31. The van der Waals surface area contributed by atoms with Gasteiger partial charge in [-0.05, 0) is 26.0 Å². The third-order valence-corrected chi connectivity index (χ3v) is 4.76. The maximum Gasteiger partial charge on any atom is 0.340 e. The molecule has 0 radical (unpaired) electrons. The Morgan fingerprint density at radius 2 is 1.80 bits per heavy atom. The summed E-state index contributed by atoms with van der Waals surface area (Å²) in [6.45, 7) is 3.98. The maximum atomic E-state index is 12.4. The summed E-state index contributed by atoms with van der Waals surface area (Å²) in [6, 6.07) is 8.85. The van der Waals surface area contributed by atoms with Crippen LogP contribution >= 0.6 is 7.60 Å². The molecule has 2 aromatic rings. The average molecular weight is 296 g/mol. The lowest BCUT2D eigenvalue weighted by Gasteiger charge is -2.16. The van der Waals surface area contributed by atoms with Gasteiger partial charge in [0.05, 0.1) is 24.9 Å². The van der Waals surface area contributed by atoms with Gasteiger partial charge in [-0.15, -0.1) is 0 Å². The molecule has 0 spiro atoms. The average Bonchev–Trinajstić information content (AvgIpc) is 2.40. The molecule has 5 nitrogen and oxygen atoms in total. The number of benzene rings is 1. The number of hydrogen-bond acceptors (Lipinski definition) is 5. The number of rotatable bonds is 6. The van der Waals surface area contributed by atoms with Crippen molar-refractivity contribution in [3.8, 4) is 0 Å². The molecule has 0 saturated carbocycles. The molecular formula is C14H17O5P. The van der Waals surface area contributed by atoms with Crippen LogP contribution in [0.15, 0.2) is 39.5 Å². The Morgan fingerprint density at radius 1 is 1.15 bits per heavy atom. The lowest BCUT2D eigenvalue weighted by molar-refractivity contribution is 0.219. The second-order valence-electron chi connectivity index (χ2n) is 4.20. The molecule has 0 N–H and O–H groups in total. The van der Waals surface area contributed by atoms with Gasteiger partial charge in [0, 0.05) is 5.39 Å². The molecule has 6 heteroatoms. The van der Waals surface area contributed by atoms with Crippen molar-refractivity contribution in [2.75, 3.05) is 13.2 Å². The van der Waals surface area contributed by atoms with E-state index in [-0.39, 0.29) is 19.4 Å². The van der Waals surface area contributed by atoms with E-state index >= 15 is 0 Å². The molecule has 1 aromatic carbocycles. The number of para-hydroxylation sites is 1. The lowest BCUT2D eigenvalue weighted by Crippen LogP contribution is -2.09. The largest absolute Gasteiger partial charge is 0.423 e. The normalized spacial score (nSPS) is 11.9. The third-order valence-electron chi connectivity index (χ3n) is 2.73. The van der Waals surface area contributed by atoms with E-state index in [0.29, 0.717) is 11.1 Å². The molecule has 0 aliphatic heterocycles. The lowest BCUT2D eigenvalue weighted by atomic mass is 10.2. The van der Waals surface area contributed by atoms with Crippen LogP contribution in [0.4, 0.5) is 0 Å². The van der Waals surface area contributed by atoms with Gasteiger partial charge in [-0.1, -0.05) is 18.2 Å². The quantitative estimate of drug-likeness (QED) is 0.602. The van der Waals surface area contributed by atoms with E-state index in [0.717, 1.165) is 5.39 Å². The topological polar surface area (TPSA) is 65.7 Å². The standard InChI is InChI=1S/C14H17O5P/c1-3-17-20(16,18-4-2)10-12-9-11-7-5-6-8-13(11)19-14(12)15/h5-9H,3-4,10H2,1-2H3. The first-order valence-electron chi connectivity index (χ1n) is 6.48. The first-order chi connectivity index (χ1) is 9.58. The Labute approximate surface area is 117 Å². The molecule has 2 rings (SSSR count). The Morgan fingerprint density at radius 3 is 2.45 bits per heavy atom. The molecule has 0 unspecified atom stereocenters. The molecule has 1 heterocycles. The second-order valence-corrected chi connectivity index (χ2v) is 6.26. The van der Waals surface area contributed by atoms with Crippen molar-refractivity contribution in [2.45, 2.75) is 20.0 Å². The Hall–Kier alpha value is -1.42. The van der Waals surface area contributed by atoms with Crippen LogP contribution in [0.5, 0.6) is 0 Å². The van der Waals surface area contributed by atoms with Crippen molar-refractivity contribution in [2.24, 2.45) is 0 Å². The highest BCUT2D eigenvalue weighted by molar-refractivity contribution is 7.53. The van der Waals surface area contributed by atoms with Gasteiger partial charge in [-0.3, -0.25) is 4.57 Å². The van der Waals surface area contributed by atoms with Crippen molar-refractivity contribution < 1.29 is 18.0 Å². The summed E-state index contributed by atoms with van der Waals surface area (Å²) in [7, 11) is -3.31. The Balaban J connectivity index is 2.39. The summed E-state index contributed by atoms with van der Waals surface area (Å²) in [6.07, 6.45) is -0.0815. The van der Waals surface area contributed by atoms with Crippen LogP contribution in [0, 0.1) is 0 Å². The molecule has 0 amide bonds. The van der Waals surface area contributed by atoms with Crippen molar-refractivity contribution in [1.82, 2.24) is 0 Å². The summed E-state index contributed by atoms with van der Waals surface area (Å²) in [4.78, 5) is 11.9. The highest BCUT2D eigenvalue weighted by Gasteiger charge is 2.26. The maximum absolute atomic E-state index is 12.4. The van der Waals surface area contributed by atoms with Gasteiger partial charge in [0.2, 0.25) is 0 Å². The SMILES string of the molecule is CCOP(=O)(Cc1cc2ccccc2oc1=O)OCC. The fourth-order valence-corrected chi connectivity index (χ4v) is 3.63. The summed E-state index contributed by atoms with van der Waals surface area (Å²) >= 11 is 0. The predicted octanol–water partition coefficient (Wildman–Crippen LogP) is 3.56. The second kappa shape index (κ2) is 6.35. The highest BCUT2D eigenvalue weighted by Crippen LogP contribution is 2.50. The first kappa shape index (κ1) is 15.0. The van der Waals surface area contributed by atoms with Crippen LogP contribution in [-0.2, 0) is 19.8 Å². The highest BCUT2D eigenvalue weighted by atomic mass is 31.2. The zero-order chi connectivity index (χ0) is 14.6. The number of fused-ring (bicyclic) bond motifs is 1. The van der Waals surface area contributed by atoms with E-state index in [9.17, 15) is 9.36 Å². The first-order valence-corrected chi connectivity index (χ1v) is 8.20. The van der Waals surface area contributed by atoms with Gasteiger partial charge < -0.3 is 13.5 Å². The van der Waals surface area contributed by atoms with E-state index in [1.165, 1.54) is 0 Å². The molecule has 0 atom stereocenters. The molecule has 0 fully saturated rings. The van der Waals surface area contributed by atoms with Crippen LogP contribution in [0.3, 0.4) is 0 Å². The fraction of sp³-hybridized carbons (Fsp3) is 0.357. The van der Waals surface area contributed by atoms with Gasteiger partial charge in [-0.25, -0.2) is 4.79 Å². The zero-order valence-corrected chi connectivity index (χ0v) is 12.4. The fourth-order valence-electron chi connectivity index (χ4n) is 1.95. The van der Waals surface area contributed by atoms with E-state index in [1.54, 1.807) is 32.0 Å². The van der Waals surface area contributed by atoms with Crippen LogP contribution in [-0.4, -0.2) is 13.2 Å². The van der Waals surface area contributed by atoms with Gasteiger partial charge in [0.25, 0.3) is 0 Å². The third kappa shape index (κ3) is 3.37. The van der Waals surface area contributed by atoms with Crippen LogP contribution in [0.2, 0.25) is 0 Å². The Kier molecular flexibility index (Phi) is 4.76. The monoisotopic (exact) mass is 296 g/mol.